The quantitative estimate of drug-likeness (QED) is 0.520. The third kappa shape index (κ3) is 1.37. The molecule has 0 saturated heterocycles. The van der Waals surface area contributed by atoms with Crippen LogP contribution in [0.1, 0.15) is 11.3 Å². The van der Waals surface area contributed by atoms with Crippen molar-refractivity contribution in [2.45, 2.75) is 13.8 Å². The van der Waals surface area contributed by atoms with Gasteiger partial charge in [0.2, 0.25) is 0 Å². The van der Waals surface area contributed by atoms with E-state index in [9.17, 15) is 0 Å². The summed E-state index contributed by atoms with van der Waals surface area (Å²) in [5.41, 5.74) is 5.19. The summed E-state index contributed by atoms with van der Waals surface area (Å²) in [5, 5.41) is 2.69. The van der Waals surface area contributed by atoms with Gasteiger partial charge in [-0.15, -0.1) is 0 Å². The number of aromatic nitrogens is 2. The maximum Gasteiger partial charge on any atom is 0.193 e. The van der Waals surface area contributed by atoms with Gasteiger partial charge in [0.05, 0.1) is 0 Å². The largest absolute Gasteiger partial charge is 0.339 e. The molecule has 0 bridgehead atoms. The van der Waals surface area contributed by atoms with Crippen LogP contribution in [0.15, 0.2) is 30.5 Å². The lowest BCUT2D eigenvalue weighted by Gasteiger charge is -1.98. The summed E-state index contributed by atoms with van der Waals surface area (Å²) in [6.45, 7) is 4.29. The van der Waals surface area contributed by atoms with E-state index in [-0.39, 0.29) is 0 Å². The second-order valence-corrected chi connectivity index (χ2v) is 4.90. The number of hydrogen-bond acceptors (Lipinski definition) is 0. The Labute approximate surface area is 101 Å². The summed E-state index contributed by atoms with van der Waals surface area (Å²) in [7, 11) is 4.23. The summed E-state index contributed by atoms with van der Waals surface area (Å²) in [6, 6.07) is 8.94. The zero-order valence-corrected chi connectivity index (χ0v) is 10.8. The molecule has 1 aromatic carbocycles. The van der Waals surface area contributed by atoms with E-state index in [1.165, 1.54) is 33.1 Å². The van der Waals surface area contributed by atoms with Gasteiger partial charge in [-0.2, -0.15) is 0 Å². The molecule has 17 heavy (non-hydrogen) atoms. The summed E-state index contributed by atoms with van der Waals surface area (Å²) in [4.78, 5) is 0. The smallest absolute Gasteiger partial charge is 0.193 e. The van der Waals surface area contributed by atoms with Gasteiger partial charge in [-0.05, 0) is 18.6 Å². The molecule has 0 aliphatic rings. The minimum absolute atomic E-state index is 1.28. The molecule has 2 aromatic heterocycles. The molecular formula is C15H17N2+. The number of rotatable bonds is 0. The second-order valence-electron chi connectivity index (χ2n) is 4.90. The number of pyridine rings is 1. The Kier molecular flexibility index (Phi) is 2.02. The zero-order chi connectivity index (χ0) is 12.2. The van der Waals surface area contributed by atoms with Crippen molar-refractivity contribution in [2.24, 2.45) is 14.1 Å². The lowest BCUT2D eigenvalue weighted by Crippen LogP contribution is -2.31. The molecule has 0 N–H and O–H groups in total. The average Bonchev–Trinajstić information content (AvgIpc) is 2.54. The Hall–Kier alpha value is -1.83. The molecule has 0 saturated carbocycles. The number of aryl methyl sites for hydroxylation is 4. The van der Waals surface area contributed by atoms with E-state index < -0.39 is 0 Å². The molecule has 86 valence electrons. The summed E-state index contributed by atoms with van der Waals surface area (Å²) in [6.07, 6.45) is 2.21. The molecule has 0 fully saturated rings. The second kappa shape index (κ2) is 3.33. The molecule has 0 unspecified atom stereocenters. The lowest BCUT2D eigenvalue weighted by atomic mass is 10.1. The molecule has 2 heteroatoms. The van der Waals surface area contributed by atoms with Gasteiger partial charge in [-0.25, -0.2) is 4.57 Å². The van der Waals surface area contributed by atoms with Crippen LogP contribution in [0.2, 0.25) is 0 Å². The molecule has 3 aromatic rings. The van der Waals surface area contributed by atoms with Crippen molar-refractivity contribution in [1.82, 2.24) is 4.57 Å². The van der Waals surface area contributed by atoms with Crippen LogP contribution in [-0.2, 0) is 14.1 Å². The fourth-order valence-corrected chi connectivity index (χ4v) is 2.50. The maximum absolute atomic E-state index is 2.27. The molecular weight excluding hydrogens is 208 g/mol. The average molecular weight is 225 g/mol. The predicted molar refractivity (Wildman–Crippen MR) is 71.1 cm³/mol. The fourth-order valence-electron chi connectivity index (χ4n) is 2.50. The first-order valence-corrected chi connectivity index (χ1v) is 5.93. The normalized spacial score (nSPS) is 11.5. The van der Waals surface area contributed by atoms with Crippen molar-refractivity contribution in [2.75, 3.05) is 0 Å². The third-order valence-electron chi connectivity index (χ3n) is 3.67. The highest BCUT2D eigenvalue weighted by atomic mass is 15.0. The van der Waals surface area contributed by atoms with Gasteiger partial charge in [0.15, 0.2) is 11.9 Å². The molecule has 0 amide bonds. The van der Waals surface area contributed by atoms with Crippen molar-refractivity contribution >= 4 is 21.8 Å². The van der Waals surface area contributed by atoms with Crippen LogP contribution in [-0.4, -0.2) is 4.57 Å². The van der Waals surface area contributed by atoms with Gasteiger partial charge >= 0.3 is 0 Å². The monoisotopic (exact) mass is 225 g/mol. The fraction of sp³-hybridized carbons (Fsp3) is 0.267. The number of nitrogens with zero attached hydrogens (tertiary/aromatic N) is 2. The summed E-state index contributed by atoms with van der Waals surface area (Å²) in [5.74, 6) is 0. The van der Waals surface area contributed by atoms with Crippen molar-refractivity contribution in [3.05, 3.63) is 41.7 Å². The van der Waals surface area contributed by atoms with Gasteiger partial charge in [-0.3, -0.25) is 0 Å². The third-order valence-corrected chi connectivity index (χ3v) is 3.67. The van der Waals surface area contributed by atoms with E-state index in [1.807, 2.05) is 0 Å². The first-order chi connectivity index (χ1) is 8.08. The van der Waals surface area contributed by atoms with E-state index in [1.54, 1.807) is 0 Å². The van der Waals surface area contributed by atoms with Crippen molar-refractivity contribution in [3.8, 4) is 0 Å². The van der Waals surface area contributed by atoms with Crippen molar-refractivity contribution in [1.29, 1.82) is 0 Å². The minimum atomic E-state index is 1.28. The highest BCUT2D eigenvalue weighted by Gasteiger charge is 2.13. The predicted octanol–water partition coefficient (Wildman–Crippen LogP) is 2.77. The molecule has 0 aliphatic heterocycles. The van der Waals surface area contributed by atoms with Crippen LogP contribution in [0.4, 0.5) is 0 Å². The first-order valence-electron chi connectivity index (χ1n) is 5.93. The van der Waals surface area contributed by atoms with Crippen LogP contribution in [0, 0.1) is 13.8 Å². The molecule has 2 nitrogen and oxygen atoms in total. The molecule has 0 atom stereocenters. The maximum atomic E-state index is 2.27. The van der Waals surface area contributed by atoms with Gasteiger partial charge in [0.1, 0.15) is 12.6 Å². The number of benzene rings is 1. The van der Waals surface area contributed by atoms with Crippen molar-refractivity contribution in [3.63, 3.8) is 0 Å². The van der Waals surface area contributed by atoms with Crippen LogP contribution >= 0.6 is 0 Å². The van der Waals surface area contributed by atoms with Gasteiger partial charge < -0.3 is 4.57 Å². The van der Waals surface area contributed by atoms with Crippen LogP contribution in [0.25, 0.3) is 21.8 Å². The highest BCUT2D eigenvalue weighted by Crippen LogP contribution is 2.28. The SMILES string of the molecule is Cc1ccc2c3cc(C)[n+](C)cc3n(C)c2c1. The Morgan fingerprint density at radius 3 is 2.53 bits per heavy atom. The Morgan fingerprint density at radius 1 is 1.00 bits per heavy atom. The molecule has 2 heterocycles. The topological polar surface area (TPSA) is 8.81 Å². The minimum Gasteiger partial charge on any atom is -0.339 e. The van der Waals surface area contributed by atoms with Crippen LogP contribution in [0.3, 0.4) is 0 Å². The molecule has 0 radical (unpaired) electrons. The van der Waals surface area contributed by atoms with Gasteiger partial charge in [0, 0.05) is 36.3 Å². The molecule has 0 aliphatic carbocycles. The molecule has 0 spiro atoms. The van der Waals surface area contributed by atoms with E-state index >= 15 is 0 Å². The number of fused-ring (bicyclic) bond motifs is 3. The Bertz CT molecular complexity index is 736. The Morgan fingerprint density at radius 2 is 1.76 bits per heavy atom. The molecule has 3 rings (SSSR count). The van der Waals surface area contributed by atoms with Crippen LogP contribution in [0.5, 0.6) is 0 Å². The van der Waals surface area contributed by atoms with Crippen LogP contribution < -0.4 is 4.57 Å². The van der Waals surface area contributed by atoms with Gasteiger partial charge in [-0.1, -0.05) is 12.1 Å². The summed E-state index contributed by atoms with van der Waals surface area (Å²) >= 11 is 0. The lowest BCUT2D eigenvalue weighted by molar-refractivity contribution is -0.676. The van der Waals surface area contributed by atoms with Crippen molar-refractivity contribution < 1.29 is 4.57 Å². The van der Waals surface area contributed by atoms with E-state index in [2.05, 4.69) is 67.5 Å². The Balaban J connectivity index is 2.58. The standard InChI is InChI=1S/C15H17N2/c1-10-5-6-12-13-8-11(2)16(3)9-15(13)17(4)14(12)7-10/h5-9H,1-4H3/q+1. The highest BCUT2D eigenvalue weighted by molar-refractivity contribution is 6.07. The van der Waals surface area contributed by atoms with E-state index in [0.29, 0.717) is 0 Å². The van der Waals surface area contributed by atoms with Gasteiger partial charge in [0.25, 0.3) is 0 Å². The van der Waals surface area contributed by atoms with E-state index in [0.717, 1.165) is 0 Å². The number of hydrogen-bond donors (Lipinski definition) is 0. The van der Waals surface area contributed by atoms with E-state index in [4.69, 9.17) is 0 Å². The first kappa shape index (κ1) is 10.3. The summed E-state index contributed by atoms with van der Waals surface area (Å²) < 4.78 is 4.45. The zero-order valence-electron chi connectivity index (χ0n) is 10.8.